The minimum absolute atomic E-state index is 0.114. The minimum Gasteiger partial charge on any atom is -0.353 e. The number of nitrogens with one attached hydrogen (secondary N) is 1. The average molecular weight is 394 g/mol. The molecule has 0 bridgehead atoms. The molecule has 4 rings (SSSR count). The molecule has 0 atom stereocenters. The highest BCUT2D eigenvalue weighted by Gasteiger charge is 2.24. The molecule has 6 nitrogen and oxygen atoms in total. The predicted molar refractivity (Wildman–Crippen MR) is 117 cm³/mol. The van der Waals surface area contributed by atoms with Gasteiger partial charge in [0.15, 0.2) is 0 Å². The Labute approximate surface area is 173 Å². The van der Waals surface area contributed by atoms with Crippen molar-refractivity contribution in [2.45, 2.75) is 52.0 Å². The molecule has 1 saturated heterocycles. The second-order valence-corrected chi connectivity index (χ2v) is 8.32. The van der Waals surface area contributed by atoms with E-state index in [9.17, 15) is 4.79 Å². The highest BCUT2D eigenvalue weighted by atomic mass is 16.2. The predicted octanol–water partition coefficient (Wildman–Crippen LogP) is 3.80. The van der Waals surface area contributed by atoms with Crippen molar-refractivity contribution in [3.8, 4) is 0 Å². The van der Waals surface area contributed by atoms with Crippen LogP contribution < -0.4 is 10.2 Å². The number of aromatic nitrogens is 2. The maximum atomic E-state index is 12.8. The number of benzene rings is 1. The Hall–Kier alpha value is -2.63. The van der Waals surface area contributed by atoms with Gasteiger partial charge in [0.1, 0.15) is 5.82 Å². The van der Waals surface area contributed by atoms with Gasteiger partial charge in [-0.3, -0.25) is 4.79 Å². The molecule has 154 valence electrons. The van der Waals surface area contributed by atoms with E-state index >= 15 is 0 Å². The van der Waals surface area contributed by atoms with Gasteiger partial charge in [-0.25, -0.2) is 4.98 Å². The molecule has 1 saturated carbocycles. The van der Waals surface area contributed by atoms with E-state index in [0.29, 0.717) is 19.1 Å². The fourth-order valence-corrected chi connectivity index (χ4v) is 4.23. The number of nitrogens with zero attached hydrogens (tertiary/aromatic N) is 4. The summed E-state index contributed by atoms with van der Waals surface area (Å²) in [6.07, 6.45) is 6.31. The molecule has 0 spiro atoms. The van der Waals surface area contributed by atoms with Crippen LogP contribution in [0.15, 0.2) is 30.3 Å². The maximum Gasteiger partial charge on any atom is 0.253 e. The molecule has 1 amide bonds. The molecule has 2 aliphatic rings. The van der Waals surface area contributed by atoms with Crippen LogP contribution in [0.2, 0.25) is 0 Å². The van der Waals surface area contributed by atoms with Crippen molar-refractivity contribution in [2.75, 3.05) is 36.4 Å². The maximum absolute atomic E-state index is 12.8. The number of carbonyl (C=O) groups excluding carboxylic acids is 1. The van der Waals surface area contributed by atoms with Gasteiger partial charge in [-0.15, -0.1) is 0 Å². The van der Waals surface area contributed by atoms with E-state index in [1.807, 2.05) is 49.1 Å². The summed E-state index contributed by atoms with van der Waals surface area (Å²) in [5, 5.41) is 3.54. The van der Waals surface area contributed by atoms with Crippen LogP contribution in [0.4, 0.5) is 11.8 Å². The third-order valence-corrected chi connectivity index (χ3v) is 5.97. The summed E-state index contributed by atoms with van der Waals surface area (Å²) in [5.74, 6) is 1.81. The topological polar surface area (TPSA) is 61.4 Å². The van der Waals surface area contributed by atoms with Gasteiger partial charge in [0, 0.05) is 49.5 Å². The first kappa shape index (κ1) is 19.7. The van der Waals surface area contributed by atoms with Crippen LogP contribution >= 0.6 is 0 Å². The largest absolute Gasteiger partial charge is 0.353 e. The van der Waals surface area contributed by atoms with Crippen molar-refractivity contribution in [1.29, 1.82) is 0 Å². The van der Waals surface area contributed by atoms with Crippen molar-refractivity contribution < 1.29 is 4.79 Å². The molecule has 2 heterocycles. The normalized spacial score (nSPS) is 18.0. The monoisotopic (exact) mass is 393 g/mol. The van der Waals surface area contributed by atoms with Crippen molar-refractivity contribution in [3.63, 3.8) is 0 Å². The molecule has 1 aliphatic heterocycles. The van der Waals surface area contributed by atoms with Gasteiger partial charge < -0.3 is 15.1 Å². The fourth-order valence-electron chi connectivity index (χ4n) is 4.23. The molecule has 29 heavy (non-hydrogen) atoms. The lowest BCUT2D eigenvalue weighted by atomic mass is 9.96. The Morgan fingerprint density at radius 1 is 0.966 bits per heavy atom. The first-order valence-electron chi connectivity index (χ1n) is 10.8. The van der Waals surface area contributed by atoms with Crippen LogP contribution in [0, 0.1) is 13.8 Å². The second-order valence-electron chi connectivity index (χ2n) is 8.32. The lowest BCUT2D eigenvalue weighted by Gasteiger charge is -2.35. The SMILES string of the molecule is Cc1ccc(C(=O)N2CCN(c3cc(C)nc(NC4CCCCC4)n3)CC2)cc1. The molecule has 1 aromatic heterocycles. The number of hydrogen-bond acceptors (Lipinski definition) is 5. The first-order valence-corrected chi connectivity index (χ1v) is 10.8. The Kier molecular flexibility index (Phi) is 5.97. The number of amides is 1. The van der Waals surface area contributed by atoms with E-state index in [0.717, 1.165) is 36.1 Å². The van der Waals surface area contributed by atoms with Crippen LogP contribution in [0.1, 0.15) is 53.7 Å². The van der Waals surface area contributed by atoms with E-state index in [4.69, 9.17) is 4.98 Å². The zero-order valence-corrected chi connectivity index (χ0v) is 17.5. The molecular formula is C23H31N5O. The molecule has 6 heteroatoms. The highest BCUT2D eigenvalue weighted by Crippen LogP contribution is 2.22. The van der Waals surface area contributed by atoms with Gasteiger partial charge in [-0.1, -0.05) is 37.0 Å². The number of hydrogen-bond donors (Lipinski definition) is 1. The van der Waals surface area contributed by atoms with Crippen LogP contribution in [-0.4, -0.2) is 53.0 Å². The van der Waals surface area contributed by atoms with E-state index < -0.39 is 0 Å². The molecule has 2 aromatic rings. The fraction of sp³-hybridized carbons (Fsp3) is 0.522. The van der Waals surface area contributed by atoms with Gasteiger partial charge >= 0.3 is 0 Å². The van der Waals surface area contributed by atoms with Crippen LogP contribution in [0.3, 0.4) is 0 Å². The summed E-state index contributed by atoms with van der Waals surface area (Å²) in [6.45, 7) is 7.05. The van der Waals surface area contributed by atoms with Crippen LogP contribution in [-0.2, 0) is 0 Å². The molecular weight excluding hydrogens is 362 g/mol. The summed E-state index contributed by atoms with van der Waals surface area (Å²) in [4.78, 5) is 26.3. The number of carbonyl (C=O) groups is 1. The Morgan fingerprint density at radius 3 is 2.34 bits per heavy atom. The zero-order valence-electron chi connectivity index (χ0n) is 17.5. The third-order valence-electron chi connectivity index (χ3n) is 5.97. The summed E-state index contributed by atoms with van der Waals surface area (Å²) in [7, 11) is 0. The Morgan fingerprint density at radius 2 is 1.66 bits per heavy atom. The van der Waals surface area contributed by atoms with Gasteiger partial charge in [-0.2, -0.15) is 4.98 Å². The van der Waals surface area contributed by atoms with Gasteiger partial charge in [0.25, 0.3) is 5.91 Å². The van der Waals surface area contributed by atoms with Crippen molar-refractivity contribution in [3.05, 3.63) is 47.2 Å². The van der Waals surface area contributed by atoms with E-state index in [-0.39, 0.29) is 5.91 Å². The first-order chi connectivity index (χ1) is 14.1. The summed E-state index contributed by atoms with van der Waals surface area (Å²) in [6, 6.07) is 10.4. The number of aryl methyl sites for hydroxylation is 2. The Bertz CT molecular complexity index is 837. The van der Waals surface area contributed by atoms with Crippen LogP contribution in [0.25, 0.3) is 0 Å². The number of anilines is 2. The average Bonchev–Trinajstić information content (AvgIpc) is 2.74. The van der Waals surface area contributed by atoms with Gasteiger partial charge in [-0.05, 0) is 38.8 Å². The molecule has 1 aromatic carbocycles. The van der Waals surface area contributed by atoms with Crippen LogP contribution in [0.5, 0.6) is 0 Å². The van der Waals surface area contributed by atoms with E-state index in [2.05, 4.69) is 15.2 Å². The molecule has 1 N–H and O–H groups in total. The van der Waals surface area contributed by atoms with E-state index in [1.165, 1.54) is 37.7 Å². The summed E-state index contributed by atoms with van der Waals surface area (Å²) >= 11 is 0. The van der Waals surface area contributed by atoms with Gasteiger partial charge in [0.2, 0.25) is 5.95 Å². The molecule has 0 radical (unpaired) electrons. The second kappa shape index (κ2) is 8.80. The minimum atomic E-state index is 0.114. The van der Waals surface area contributed by atoms with E-state index in [1.54, 1.807) is 0 Å². The molecule has 2 fully saturated rings. The third kappa shape index (κ3) is 4.86. The standard InChI is InChI=1S/C23H31N5O/c1-17-8-10-19(11-9-17)22(29)28-14-12-27(13-15-28)21-16-18(2)24-23(26-21)25-20-6-4-3-5-7-20/h8-11,16,20H,3-7,12-15H2,1-2H3,(H,24,25,26). The van der Waals surface area contributed by atoms with Crippen molar-refractivity contribution in [2.24, 2.45) is 0 Å². The number of piperazine rings is 1. The quantitative estimate of drug-likeness (QED) is 0.856. The smallest absolute Gasteiger partial charge is 0.253 e. The Balaban J connectivity index is 1.38. The summed E-state index contributed by atoms with van der Waals surface area (Å²) in [5.41, 5.74) is 2.91. The molecule has 1 aliphatic carbocycles. The highest BCUT2D eigenvalue weighted by molar-refractivity contribution is 5.94. The van der Waals surface area contributed by atoms with Gasteiger partial charge in [0.05, 0.1) is 0 Å². The van der Waals surface area contributed by atoms with Crippen molar-refractivity contribution >= 4 is 17.7 Å². The lowest BCUT2D eigenvalue weighted by Crippen LogP contribution is -2.49. The zero-order chi connectivity index (χ0) is 20.2. The lowest BCUT2D eigenvalue weighted by molar-refractivity contribution is 0.0746. The number of rotatable bonds is 4. The summed E-state index contributed by atoms with van der Waals surface area (Å²) < 4.78 is 0. The molecule has 0 unspecified atom stereocenters. The van der Waals surface area contributed by atoms with Crippen molar-refractivity contribution in [1.82, 2.24) is 14.9 Å².